The van der Waals surface area contributed by atoms with Crippen molar-refractivity contribution in [2.45, 2.75) is 35.6 Å². The van der Waals surface area contributed by atoms with Gasteiger partial charge in [-0.3, -0.25) is 24.1 Å². The van der Waals surface area contributed by atoms with E-state index in [1.54, 1.807) is 14.0 Å². The second-order valence-electron chi connectivity index (χ2n) is 10.2. The molecule has 3 aliphatic rings. The summed E-state index contributed by atoms with van der Waals surface area (Å²) in [5.74, 6) is -4.23. The number of carbonyl (C=O) groups excluding carboxylic acids is 5. The SMILES string of the molecule is CCN1CCN(C(=O)N[C@@H](C(=O)N[C@@H]2C(=O)N3C(C(=O)O)C(CSc4nnnn4C)CS[C@H]23)c2ccc(O)cc2)C(=O)C1=O. The minimum atomic E-state index is -1.41. The number of β-lactam (4-membered cyclic amide) rings is 1. The first-order chi connectivity index (χ1) is 21.0. The lowest BCUT2D eigenvalue weighted by Crippen LogP contribution is -2.76. The average molecular weight is 648 g/mol. The third-order valence-corrected chi connectivity index (χ3v) is 10.2. The van der Waals surface area contributed by atoms with Gasteiger partial charge in [0.15, 0.2) is 0 Å². The van der Waals surface area contributed by atoms with Gasteiger partial charge >= 0.3 is 23.8 Å². The lowest BCUT2D eigenvalue weighted by Gasteiger charge is -2.54. The Morgan fingerprint density at radius 2 is 1.86 bits per heavy atom. The number of phenolic OH excluding ortho intramolecular Hbond substituents is 1. The highest BCUT2D eigenvalue weighted by molar-refractivity contribution is 8.00. The van der Waals surface area contributed by atoms with E-state index in [-0.39, 0.29) is 24.4 Å². The second kappa shape index (κ2) is 12.7. The van der Waals surface area contributed by atoms with Gasteiger partial charge in [0, 0.05) is 44.1 Å². The predicted octanol–water partition coefficient (Wildman–Crippen LogP) is -1.38. The molecule has 3 saturated heterocycles. The molecule has 0 bridgehead atoms. The van der Waals surface area contributed by atoms with Crippen molar-refractivity contribution >= 4 is 59.2 Å². The summed E-state index contributed by atoms with van der Waals surface area (Å²) in [6.45, 7) is 2.06. The van der Waals surface area contributed by atoms with E-state index < -0.39 is 65.0 Å². The number of likely N-dealkylation sites (N-methyl/N-ethyl adjacent to an activating group) is 1. The molecule has 1 aromatic carbocycles. The molecule has 4 N–H and O–H groups in total. The third-order valence-electron chi connectivity index (χ3n) is 7.56. The van der Waals surface area contributed by atoms with Crippen molar-refractivity contribution < 1.29 is 39.0 Å². The number of aromatic nitrogens is 4. The standard InChI is InChI=1S/C25H29N9O8S2/c1-3-32-8-9-33(21(39)20(32)38)24(42)27-15(12-4-6-14(35)7-5-12)18(36)26-16-19(37)34-17(23(40)41)13(10-43-22(16)34)11-44-25-28-29-30-31(25)2/h4-7,13,15-17,22,35H,3,8-11H2,1-2H3,(H,26,36)(H,27,42)(H,40,41)/t13?,15-,16-,17?,22-/m1/s1. The molecule has 0 radical (unpaired) electrons. The summed E-state index contributed by atoms with van der Waals surface area (Å²) in [5, 5.41) is 35.9. The Morgan fingerprint density at radius 3 is 2.50 bits per heavy atom. The van der Waals surface area contributed by atoms with Gasteiger partial charge in [-0.2, -0.15) is 0 Å². The molecular weight excluding hydrogens is 618 g/mol. The monoisotopic (exact) mass is 647 g/mol. The lowest BCUT2D eigenvalue weighted by molar-refractivity contribution is -0.164. The van der Waals surface area contributed by atoms with Crippen LogP contribution in [-0.4, -0.2) is 129 Å². The van der Waals surface area contributed by atoms with Gasteiger partial charge in [0.1, 0.15) is 29.2 Å². The molecule has 5 atom stereocenters. The van der Waals surface area contributed by atoms with Crippen molar-refractivity contribution in [1.82, 2.24) is 45.5 Å². The number of aromatic hydroxyl groups is 1. The maximum absolute atomic E-state index is 13.6. The molecule has 3 fully saturated rings. The van der Waals surface area contributed by atoms with Gasteiger partial charge in [-0.05, 0) is 35.0 Å². The molecule has 44 heavy (non-hydrogen) atoms. The van der Waals surface area contributed by atoms with E-state index in [2.05, 4.69) is 26.2 Å². The molecule has 0 saturated carbocycles. The molecule has 5 rings (SSSR count). The van der Waals surface area contributed by atoms with Gasteiger partial charge in [-0.15, -0.1) is 16.9 Å². The van der Waals surface area contributed by atoms with Crippen LogP contribution in [0.2, 0.25) is 0 Å². The third kappa shape index (κ3) is 5.88. The number of amides is 6. The zero-order chi connectivity index (χ0) is 31.7. The number of nitrogens with zero attached hydrogens (tertiary/aromatic N) is 7. The Bertz CT molecular complexity index is 1490. The number of carboxylic acid groups (broad SMARTS) is 1. The lowest BCUT2D eigenvalue weighted by atomic mass is 9.94. The minimum absolute atomic E-state index is 0.0772. The molecule has 234 valence electrons. The number of hydrogen-bond acceptors (Lipinski definition) is 12. The summed E-state index contributed by atoms with van der Waals surface area (Å²) in [6, 6.07) is 0.790. The number of phenols is 1. The van der Waals surface area contributed by atoms with E-state index in [4.69, 9.17) is 0 Å². The first-order valence-electron chi connectivity index (χ1n) is 13.5. The normalized spacial score (nSPS) is 24.0. The number of carboxylic acids is 1. The van der Waals surface area contributed by atoms with Crippen LogP contribution in [0.5, 0.6) is 5.75 Å². The zero-order valence-corrected chi connectivity index (χ0v) is 25.2. The number of imide groups is 1. The number of nitrogens with one attached hydrogen (secondary N) is 2. The van der Waals surface area contributed by atoms with E-state index in [1.165, 1.54) is 62.3 Å². The van der Waals surface area contributed by atoms with E-state index >= 15 is 0 Å². The number of carbonyl (C=O) groups is 6. The number of aliphatic carboxylic acids is 1. The predicted molar refractivity (Wildman–Crippen MR) is 153 cm³/mol. The molecule has 0 spiro atoms. The number of tetrazole rings is 1. The summed E-state index contributed by atoms with van der Waals surface area (Å²) in [5.41, 5.74) is 0.235. The maximum Gasteiger partial charge on any atom is 0.326 e. The molecule has 2 unspecified atom stereocenters. The number of rotatable bonds is 9. The van der Waals surface area contributed by atoms with Crippen LogP contribution in [0.3, 0.4) is 0 Å². The summed E-state index contributed by atoms with van der Waals surface area (Å²) < 4.78 is 1.46. The first kappa shape index (κ1) is 31.0. The quantitative estimate of drug-likeness (QED) is 0.140. The molecule has 4 heterocycles. The smallest absolute Gasteiger partial charge is 0.326 e. The van der Waals surface area contributed by atoms with Crippen LogP contribution in [0.25, 0.3) is 0 Å². The summed E-state index contributed by atoms with van der Waals surface area (Å²) >= 11 is 2.60. The molecule has 19 heteroatoms. The maximum atomic E-state index is 13.6. The van der Waals surface area contributed by atoms with Gasteiger partial charge in [0.25, 0.3) is 0 Å². The fourth-order valence-electron chi connectivity index (χ4n) is 5.19. The minimum Gasteiger partial charge on any atom is -0.508 e. The van der Waals surface area contributed by atoms with Gasteiger partial charge in [-0.1, -0.05) is 23.9 Å². The van der Waals surface area contributed by atoms with E-state index in [0.717, 1.165) is 4.90 Å². The first-order valence-corrected chi connectivity index (χ1v) is 15.6. The molecule has 3 aliphatic heterocycles. The van der Waals surface area contributed by atoms with Crippen LogP contribution in [-0.2, 0) is 31.0 Å². The van der Waals surface area contributed by atoms with Crippen LogP contribution in [0.1, 0.15) is 18.5 Å². The molecule has 17 nitrogen and oxygen atoms in total. The van der Waals surface area contributed by atoms with E-state index in [9.17, 15) is 39.0 Å². The zero-order valence-electron chi connectivity index (χ0n) is 23.5. The fourth-order valence-corrected chi connectivity index (χ4v) is 7.84. The van der Waals surface area contributed by atoms with Crippen molar-refractivity contribution in [3.05, 3.63) is 29.8 Å². The Morgan fingerprint density at radius 1 is 1.14 bits per heavy atom. The Hall–Kier alpha value is -4.39. The molecule has 1 aromatic heterocycles. The van der Waals surface area contributed by atoms with Crippen LogP contribution in [0.4, 0.5) is 4.79 Å². The molecule has 6 amide bonds. The van der Waals surface area contributed by atoms with Gasteiger partial charge in [0.2, 0.25) is 17.0 Å². The molecule has 0 aliphatic carbocycles. The number of fused-ring (bicyclic) bond motifs is 1. The largest absolute Gasteiger partial charge is 0.508 e. The fraction of sp³-hybridized carbons (Fsp3) is 0.480. The van der Waals surface area contributed by atoms with Crippen molar-refractivity contribution in [1.29, 1.82) is 0 Å². The summed E-state index contributed by atoms with van der Waals surface area (Å²) in [6.07, 6.45) is 0. The number of aryl methyl sites for hydroxylation is 1. The van der Waals surface area contributed by atoms with Crippen molar-refractivity contribution in [3.8, 4) is 5.75 Å². The van der Waals surface area contributed by atoms with Crippen LogP contribution < -0.4 is 10.6 Å². The second-order valence-corrected chi connectivity index (χ2v) is 12.3. The average Bonchev–Trinajstić information content (AvgIpc) is 3.42. The topological polar surface area (TPSA) is 220 Å². The van der Waals surface area contributed by atoms with Crippen molar-refractivity contribution in [2.75, 3.05) is 31.1 Å². The Balaban J connectivity index is 1.29. The van der Waals surface area contributed by atoms with Crippen LogP contribution >= 0.6 is 23.5 Å². The summed E-state index contributed by atoms with van der Waals surface area (Å²) in [7, 11) is 1.66. The van der Waals surface area contributed by atoms with Crippen LogP contribution in [0, 0.1) is 5.92 Å². The number of benzene rings is 1. The Kier molecular flexibility index (Phi) is 8.95. The van der Waals surface area contributed by atoms with Crippen molar-refractivity contribution in [3.63, 3.8) is 0 Å². The van der Waals surface area contributed by atoms with E-state index in [1.807, 2.05) is 0 Å². The van der Waals surface area contributed by atoms with Crippen molar-refractivity contribution in [2.24, 2.45) is 13.0 Å². The van der Waals surface area contributed by atoms with Gasteiger partial charge in [0.05, 0.1) is 0 Å². The van der Waals surface area contributed by atoms with Gasteiger partial charge < -0.3 is 30.6 Å². The van der Waals surface area contributed by atoms with Gasteiger partial charge in [-0.25, -0.2) is 14.3 Å². The Labute approximate surface area is 258 Å². The number of piperazine rings is 1. The van der Waals surface area contributed by atoms with Crippen LogP contribution in [0.15, 0.2) is 29.4 Å². The molecular formula is C25H29N9O8S2. The van der Waals surface area contributed by atoms with E-state index in [0.29, 0.717) is 23.2 Å². The molecule has 2 aromatic rings. The number of thioether (sulfide) groups is 2. The highest BCUT2D eigenvalue weighted by atomic mass is 32.2. The summed E-state index contributed by atoms with van der Waals surface area (Å²) in [4.78, 5) is 80.4. The highest BCUT2D eigenvalue weighted by Crippen LogP contribution is 2.42. The highest BCUT2D eigenvalue weighted by Gasteiger charge is 2.58. The number of hydrogen-bond donors (Lipinski definition) is 4. The number of urea groups is 1.